The summed E-state index contributed by atoms with van der Waals surface area (Å²) in [6.07, 6.45) is 1.99. The Morgan fingerprint density at radius 3 is 1.95 bits per heavy atom. The van der Waals surface area contributed by atoms with E-state index >= 15 is 0 Å². The average molecular weight is 584 g/mol. The number of allylic oxidation sites excluding steroid dienone is 1. The molecular formula is C40H29N3S. The topological polar surface area (TPSA) is 43.3 Å². The smallest absolute Gasteiger partial charge is 0.115 e. The number of para-hydroxylation sites is 1. The third kappa shape index (κ3) is 4.66. The molecule has 0 spiro atoms. The standard InChI is InChI=1S/C40H29N3S/c41-35(27-11-3-1-4-12-27)25-36(28-13-5-2-6-14-28)42-26-43-37-17-9-7-15-31(37)33-23-29(19-21-38(33)43)30-20-22-40-34(24-30)32-16-8-10-18-39(32)44-40/h1-25H,26,41H2/b35-25-,42-36+. The van der Waals surface area contributed by atoms with Crippen LogP contribution in [0.1, 0.15) is 11.1 Å². The van der Waals surface area contributed by atoms with Gasteiger partial charge in [0.2, 0.25) is 0 Å². The maximum atomic E-state index is 6.57. The van der Waals surface area contributed by atoms with Crippen LogP contribution in [0.4, 0.5) is 0 Å². The highest BCUT2D eigenvalue weighted by atomic mass is 32.1. The number of aliphatic imine (C=N–C) groups is 1. The van der Waals surface area contributed by atoms with Crippen LogP contribution in [0.25, 0.3) is 58.8 Å². The van der Waals surface area contributed by atoms with Crippen molar-refractivity contribution in [3.63, 3.8) is 0 Å². The zero-order valence-corrected chi connectivity index (χ0v) is 24.8. The lowest BCUT2D eigenvalue weighted by atomic mass is 10.0. The monoisotopic (exact) mass is 583 g/mol. The number of fused-ring (bicyclic) bond motifs is 6. The minimum atomic E-state index is 0.471. The maximum Gasteiger partial charge on any atom is 0.115 e. The SMILES string of the molecule is N/C(=C\C(=N/Cn1c2ccccc2c2cc(-c3ccc4sc5ccccc5c4c3)ccc21)c1ccccc1)c1ccccc1. The summed E-state index contributed by atoms with van der Waals surface area (Å²) >= 11 is 1.85. The van der Waals surface area contributed by atoms with Crippen molar-refractivity contribution in [2.24, 2.45) is 10.7 Å². The fourth-order valence-corrected chi connectivity index (χ4v) is 7.21. The highest BCUT2D eigenvalue weighted by molar-refractivity contribution is 7.25. The van der Waals surface area contributed by atoms with Crippen molar-refractivity contribution in [2.45, 2.75) is 6.67 Å². The Bertz CT molecular complexity index is 2360. The lowest BCUT2D eigenvalue weighted by Crippen LogP contribution is -2.06. The zero-order chi connectivity index (χ0) is 29.5. The molecule has 0 amide bonds. The molecule has 3 nitrogen and oxygen atoms in total. The Labute approximate surface area is 259 Å². The predicted octanol–water partition coefficient (Wildman–Crippen LogP) is 10.3. The highest BCUT2D eigenvalue weighted by Gasteiger charge is 2.13. The van der Waals surface area contributed by atoms with Gasteiger partial charge in [-0.2, -0.15) is 0 Å². The number of rotatable bonds is 6. The van der Waals surface area contributed by atoms with E-state index in [1.807, 2.05) is 65.9 Å². The van der Waals surface area contributed by atoms with Crippen LogP contribution >= 0.6 is 11.3 Å². The quantitative estimate of drug-likeness (QED) is 0.194. The summed E-state index contributed by atoms with van der Waals surface area (Å²) in [4.78, 5) is 5.16. The predicted molar refractivity (Wildman–Crippen MR) is 189 cm³/mol. The van der Waals surface area contributed by atoms with Gasteiger partial charge < -0.3 is 10.3 Å². The lowest BCUT2D eigenvalue weighted by Gasteiger charge is -2.09. The normalized spacial score (nSPS) is 12.5. The zero-order valence-electron chi connectivity index (χ0n) is 24.0. The van der Waals surface area contributed by atoms with Gasteiger partial charge in [-0.05, 0) is 64.7 Å². The summed E-state index contributed by atoms with van der Waals surface area (Å²) in [6, 6.07) is 51.3. The molecule has 2 N–H and O–H groups in total. The number of nitrogens with two attached hydrogens (primary N) is 1. The van der Waals surface area contributed by atoms with Crippen LogP contribution in [0, 0.1) is 0 Å². The molecular weight excluding hydrogens is 555 g/mol. The first-order valence-electron chi connectivity index (χ1n) is 14.8. The van der Waals surface area contributed by atoms with Gasteiger partial charge >= 0.3 is 0 Å². The fraction of sp³-hybridized carbons (Fsp3) is 0.0250. The molecule has 0 radical (unpaired) electrons. The number of nitrogens with zero attached hydrogens (tertiary/aromatic N) is 2. The van der Waals surface area contributed by atoms with E-state index in [2.05, 4.69) is 102 Å². The van der Waals surface area contributed by atoms with Crippen LogP contribution in [0.15, 0.2) is 157 Å². The molecule has 0 fully saturated rings. The minimum absolute atomic E-state index is 0.471. The molecule has 8 rings (SSSR count). The molecule has 44 heavy (non-hydrogen) atoms. The van der Waals surface area contributed by atoms with E-state index < -0.39 is 0 Å². The van der Waals surface area contributed by atoms with Crippen molar-refractivity contribution in [3.8, 4) is 11.1 Å². The average Bonchev–Trinajstić information content (AvgIpc) is 3.62. The molecule has 0 atom stereocenters. The van der Waals surface area contributed by atoms with Crippen LogP contribution in [0.3, 0.4) is 0 Å². The number of benzene rings is 6. The molecule has 0 saturated heterocycles. The molecule has 8 aromatic rings. The van der Waals surface area contributed by atoms with Gasteiger partial charge in [-0.15, -0.1) is 11.3 Å². The third-order valence-corrected chi connectivity index (χ3v) is 9.49. The Balaban J connectivity index is 1.23. The van der Waals surface area contributed by atoms with Crippen molar-refractivity contribution in [1.82, 2.24) is 4.57 Å². The molecule has 0 unspecified atom stereocenters. The third-order valence-electron chi connectivity index (χ3n) is 8.33. The van der Waals surface area contributed by atoms with Crippen LogP contribution in [0.5, 0.6) is 0 Å². The Morgan fingerprint density at radius 1 is 0.568 bits per heavy atom. The molecule has 0 bridgehead atoms. The molecule has 4 heteroatoms. The summed E-state index contributed by atoms with van der Waals surface area (Å²) in [5.41, 5.74) is 14.9. The van der Waals surface area contributed by atoms with Crippen LogP contribution in [0.2, 0.25) is 0 Å². The molecule has 2 heterocycles. The molecule has 2 aromatic heterocycles. The maximum absolute atomic E-state index is 6.57. The Kier molecular flexibility index (Phi) is 6.55. The van der Waals surface area contributed by atoms with E-state index in [0.29, 0.717) is 12.4 Å². The Morgan fingerprint density at radius 2 is 1.16 bits per heavy atom. The molecule has 0 aliphatic heterocycles. The van der Waals surface area contributed by atoms with E-state index in [9.17, 15) is 0 Å². The Hall–Kier alpha value is -5.45. The van der Waals surface area contributed by atoms with Gasteiger partial charge in [0.05, 0.1) is 16.7 Å². The summed E-state index contributed by atoms with van der Waals surface area (Å²) < 4.78 is 4.95. The van der Waals surface area contributed by atoms with Gasteiger partial charge in [-0.1, -0.05) is 109 Å². The summed E-state index contributed by atoms with van der Waals surface area (Å²) in [5, 5.41) is 5.09. The van der Waals surface area contributed by atoms with Crippen LogP contribution in [-0.2, 0) is 6.67 Å². The molecule has 210 valence electrons. The number of hydrogen-bond donors (Lipinski definition) is 1. The van der Waals surface area contributed by atoms with Crippen molar-refractivity contribution in [1.29, 1.82) is 0 Å². The van der Waals surface area contributed by atoms with Crippen molar-refractivity contribution in [3.05, 3.63) is 163 Å². The van der Waals surface area contributed by atoms with Crippen LogP contribution in [-0.4, -0.2) is 10.3 Å². The van der Waals surface area contributed by atoms with Crippen molar-refractivity contribution >= 4 is 64.7 Å². The first kappa shape index (κ1) is 26.2. The van der Waals surface area contributed by atoms with Crippen LogP contribution < -0.4 is 5.73 Å². The van der Waals surface area contributed by atoms with E-state index in [1.54, 1.807) is 0 Å². The largest absolute Gasteiger partial charge is 0.398 e. The van der Waals surface area contributed by atoms with Gasteiger partial charge in [0, 0.05) is 36.6 Å². The van der Waals surface area contributed by atoms with Gasteiger partial charge in [0.1, 0.15) is 6.67 Å². The molecule has 0 saturated carbocycles. The molecule has 0 aliphatic carbocycles. The number of aromatic nitrogens is 1. The van der Waals surface area contributed by atoms with Crippen molar-refractivity contribution in [2.75, 3.05) is 0 Å². The molecule has 0 aliphatic rings. The second-order valence-electron chi connectivity index (χ2n) is 11.0. The highest BCUT2D eigenvalue weighted by Crippen LogP contribution is 2.38. The summed E-state index contributed by atoms with van der Waals surface area (Å²) in [5.74, 6) is 0. The summed E-state index contributed by atoms with van der Waals surface area (Å²) in [7, 11) is 0. The first-order chi connectivity index (χ1) is 21.7. The van der Waals surface area contributed by atoms with Gasteiger partial charge in [-0.3, -0.25) is 4.99 Å². The lowest BCUT2D eigenvalue weighted by molar-refractivity contribution is 0.793. The first-order valence-corrected chi connectivity index (χ1v) is 15.6. The summed E-state index contributed by atoms with van der Waals surface area (Å²) in [6.45, 7) is 0.471. The second kappa shape index (κ2) is 11.0. The van der Waals surface area contributed by atoms with Gasteiger partial charge in [-0.25, -0.2) is 0 Å². The fourth-order valence-electron chi connectivity index (χ4n) is 6.13. The second-order valence-corrected chi connectivity index (χ2v) is 12.1. The van der Waals surface area contributed by atoms with E-state index in [-0.39, 0.29) is 0 Å². The van der Waals surface area contributed by atoms with E-state index in [4.69, 9.17) is 10.7 Å². The van der Waals surface area contributed by atoms with E-state index in [0.717, 1.165) is 27.9 Å². The van der Waals surface area contributed by atoms with Gasteiger partial charge in [0.25, 0.3) is 0 Å². The van der Waals surface area contributed by atoms with Crippen molar-refractivity contribution < 1.29 is 0 Å². The van der Waals surface area contributed by atoms with E-state index in [1.165, 1.54) is 42.1 Å². The number of hydrogen-bond acceptors (Lipinski definition) is 3. The minimum Gasteiger partial charge on any atom is -0.398 e. The van der Waals surface area contributed by atoms with Gasteiger partial charge in [0.15, 0.2) is 0 Å². The number of thiophene rings is 1. The molecule has 6 aromatic carbocycles.